The average molecular weight is 795 g/mol. The molecule has 0 saturated carbocycles. The molecule has 2 nitrogen and oxygen atoms in total. The SMILES string of the molecule is c1ccc(-c2ccc(-c3cc(-c4cccc(-c5cc(-c6ccccc6)cc(-c6ccc7sc8ccccc8c7c6)c5-c5ccccc5)c4)nc(-c4ccccc4)n3)cc2)cc1. The van der Waals surface area contributed by atoms with Gasteiger partial charge in [0.2, 0.25) is 0 Å². The highest BCUT2D eigenvalue weighted by Gasteiger charge is 2.19. The predicted molar refractivity (Wildman–Crippen MR) is 258 cm³/mol. The molecule has 0 N–H and O–H groups in total. The van der Waals surface area contributed by atoms with E-state index in [9.17, 15) is 0 Å². The second-order valence-corrected chi connectivity index (χ2v) is 16.4. The molecular formula is C58H38N2S. The number of benzene rings is 9. The van der Waals surface area contributed by atoms with Crippen molar-refractivity contribution in [2.75, 3.05) is 0 Å². The van der Waals surface area contributed by atoms with Crippen molar-refractivity contribution in [1.82, 2.24) is 9.97 Å². The number of hydrogen-bond donors (Lipinski definition) is 0. The Morgan fingerprint density at radius 3 is 1.39 bits per heavy atom. The molecule has 0 aliphatic heterocycles. The topological polar surface area (TPSA) is 25.8 Å². The Morgan fingerprint density at radius 2 is 0.721 bits per heavy atom. The van der Waals surface area contributed by atoms with Gasteiger partial charge in [0.15, 0.2) is 5.82 Å². The van der Waals surface area contributed by atoms with Crippen LogP contribution in [0.3, 0.4) is 0 Å². The van der Waals surface area contributed by atoms with Crippen molar-refractivity contribution in [3.05, 3.63) is 231 Å². The maximum absolute atomic E-state index is 5.25. The molecule has 0 radical (unpaired) electrons. The van der Waals surface area contributed by atoms with Crippen molar-refractivity contribution in [2.45, 2.75) is 0 Å². The minimum atomic E-state index is 0.695. The zero-order valence-corrected chi connectivity index (χ0v) is 34.1. The van der Waals surface area contributed by atoms with E-state index >= 15 is 0 Å². The second-order valence-electron chi connectivity index (χ2n) is 15.3. The van der Waals surface area contributed by atoms with E-state index < -0.39 is 0 Å². The molecule has 3 heteroatoms. The Morgan fingerprint density at radius 1 is 0.262 bits per heavy atom. The third-order valence-electron chi connectivity index (χ3n) is 11.5. The normalized spacial score (nSPS) is 11.3. The predicted octanol–water partition coefficient (Wildman–Crippen LogP) is 16.2. The average Bonchev–Trinajstić information content (AvgIpc) is 3.73. The molecule has 0 unspecified atom stereocenters. The molecule has 0 aliphatic rings. The Balaban J connectivity index is 1.11. The zero-order valence-electron chi connectivity index (χ0n) is 33.2. The number of hydrogen-bond acceptors (Lipinski definition) is 3. The van der Waals surface area contributed by atoms with Gasteiger partial charge in [0.25, 0.3) is 0 Å². The van der Waals surface area contributed by atoms with Gasteiger partial charge in [-0.3, -0.25) is 0 Å². The van der Waals surface area contributed by atoms with Crippen LogP contribution in [0.2, 0.25) is 0 Å². The first-order chi connectivity index (χ1) is 30.2. The summed E-state index contributed by atoms with van der Waals surface area (Å²) in [5.74, 6) is 0.695. The minimum absolute atomic E-state index is 0.695. The smallest absolute Gasteiger partial charge is 0.160 e. The number of rotatable bonds is 8. The van der Waals surface area contributed by atoms with Crippen molar-refractivity contribution in [1.29, 1.82) is 0 Å². The van der Waals surface area contributed by atoms with Gasteiger partial charge in [-0.1, -0.05) is 188 Å². The van der Waals surface area contributed by atoms with Gasteiger partial charge in [-0.2, -0.15) is 0 Å². The minimum Gasteiger partial charge on any atom is -0.228 e. The summed E-state index contributed by atoms with van der Waals surface area (Å²) in [4.78, 5) is 10.4. The number of fused-ring (bicyclic) bond motifs is 3. The third kappa shape index (κ3) is 7.12. The van der Waals surface area contributed by atoms with Crippen molar-refractivity contribution < 1.29 is 0 Å². The van der Waals surface area contributed by atoms with Gasteiger partial charge in [-0.05, 0) is 98.1 Å². The molecule has 0 spiro atoms. The lowest BCUT2D eigenvalue weighted by Crippen LogP contribution is -1.97. The highest BCUT2D eigenvalue weighted by atomic mass is 32.1. The first-order valence-corrected chi connectivity index (χ1v) is 21.5. The van der Waals surface area contributed by atoms with Crippen LogP contribution in [0.25, 0.3) is 110 Å². The van der Waals surface area contributed by atoms with E-state index in [-0.39, 0.29) is 0 Å². The molecule has 0 atom stereocenters. The molecule has 0 bridgehead atoms. The van der Waals surface area contributed by atoms with E-state index in [2.05, 4.69) is 212 Å². The second kappa shape index (κ2) is 15.8. The van der Waals surface area contributed by atoms with Crippen molar-refractivity contribution >= 4 is 31.5 Å². The molecule has 11 aromatic rings. The van der Waals surface area contributed by atoms with Crippen LogP contribution in [0.5, 0.6) is 0 Å². The first-order valence-electron chi connectivity index (χ1n) is 20.6. The lowest BCUT2D eigenvalue weighted by atomic mass is 9.84. The summed E-state index contributed by atoms with van der Waals surface area (Å²) in [5, 5.41) is 2.58. The number of nitrogens with zero attached hydrogens (tertiary/aromatic N) is 2. The van der Waals surface area contributed by atoms with E-state index in [0.29, 0.717) is 5.82 Å². The maximum Gasteiger partial charge on any atom is 0.160 e. The summed E-state index contributed by atoms with van der Waals surface area (Å²) in [6, 6.07) is 82.5. The van der Waals surface area contributed by atoms with Gasteiger partial charge in [-0.25, -0.2) is 9.97 Å². The van der Waals surface area contributed by atoms with Crippen LogP contribution in [0.1, 0.15) is 0 Å². The van der Waals surface area contributed by atoms with Crippen LogP contribution >= 0.6 is 11.3 Å². The number of aromatic nitrogens is 2. The highest BCUT2D eigenvalue weighted by Crippen LogP contribution is 2.46. The standard InChI is InChI=1S/C58H38N2S/c1-5-16-39(17-6-1)41-28-30-42(31-29-41)53-38-54(60-58(59-53)44-22-11-4-12-23-44)47-25-15-24-45(34-47)50-36-48(40-18-7-2-8-19-40)37-51(57(50)43-20-9-3-10-21-43)46-32-33-56-52(35-46)49-26-13-14-27-55(49)61-56/h1-38H. The Hall–Kier alpha value is -7.72. The Kier molecular flexibility index (Phi) is 9.42. The molecule has 2 aromatic heterocycles. The van der Waals surface area contributed by atoms with Gasteiger partial charge < -0.3 is 0 Å². The monoisotopic (exact) mass is 794 g/mol. The van der Waals surface area contributed by atoms with E-state index in [1.165, 1.54) is 64.7 Å². The fourth-order valence-corrected chi connectivity index (χ4v) is 9.56. The maximum atomic E-state index is 5.25. The van der Waals surface area contributed by atoms with Crippen LogP contribution in [0.15, 0.2) is 231 Å². The molecule has 9 aromatic carbocycles. The lowest BCUT2D eigenvalue weighted by molar-refractivity contribution is 1.18. The molecule has 2 heterocycles. The first kappa shape index (κ1) is 36.4. The van der Waals surface area contributed by atoms with Crippen LogP contribution in [0.4, 0.5) is 0 Å². The van der Waals surface area contributed by atoms with Gasteiger partial charge in [0.05, 0.1) is 11.4 Å². The molecule has 286 valence electrons. The molecule has 0 aliphatic carbocycles. The van der Waals surface area contributed by atoms with Crippen molar-refractivity contribution in [3.8, 4) is 89.5 Å². The van der Waals surface area contributed by atoms with Crippen LogP contribution in [-0.2, 0) is 0 Å². The zero-order chi connectivity index (χ0) is 40.5. The largest absolute Gasteiger partial charge is 0.228 e. The van der Waals surface area contributed by atoms with Crippen LogP contribution in [-0.4, -0.2) is 9.97 Å². The summed E-state index contributed by atoms with van der Waals surface area (Å²) < 4.78 is 2.60. The van der Waals surface area contributed by atoms with Gasteiger partial charge >= 0.3 is 0 Å². The van der Waals surface area contributed by atoms with E-state index in [4.69, 9.17) is 9.97 Å². The van der Waals surface area contributed by atoms with Gasteiger partial charge in [0, 0.05) is 36.9 Å². The van der Waals surface area contributed by atoms with Crippen molar-refractivity contribution in [3.63, 3.8) is 0 Å². The molecule has 61 heavy (non-hydrogen) atoms. The fourth-order valence-electron chi connectivity index (χ4n) is 8.47. The van der Waals surface area contributed by atoms with Crippen LogP contribution < -0.4 is 0 Å². The summed E-state index contributed by atoms with van der Waals surface area (Å²) in [6.45, 7) is 0. The van der Waals surface area contributed by atoms with Crippen molar-refractivity contribution in [2.24, 2.45) is 0 Å². The Labute approximate surface area is 359 Å². The third-order valence-corrected chi connectivity index (χ3v) is 12.7. The highest BCUT2D eigenvalue weighted by molar-refractivity contribution is 7.25. The summed E-state index contributed by atoms with van der Waals surface area (Å²) in [5.41, 5.74) is 16.5. The van der Waals surface area contributed by atoms with E-state index in [1.54, 1.807) is 0 Å². The molecular weight excluding hydrogens is 757 g/mol. The van der Waals surface area contributed by atoms with Gasteiger partial charge in [0.1, 0.15) is 0 Å². The van der Waals surface area contributed by atoms with Crippen LogP contribution in [0, 0.1) is 0 Å². The molecule has 0 saturated heterocycles. The fraction of sp³-hybridized carbons (Fsp3) is 0. The molecule has 0 amide bonds. The summed E-state index contributed by atoms with van der Waals surface area (Å²) in [6.07, 6.45) is 0. The molecule has 11 rings (SSSR count). The summed E-state index contributed by atoms with van der Waals surface area (Å²) >= 11 is 1.85. The molecule has 0 fully saturated rings. The van der Waals surface area contributed by atoms with E-state index in [0.717, 1.165) is 39.2 Å². The van der Waals surface area contributed by atoms with Gasteiger partial charge in [-0.15, -0.1) is 11.3 Å². The quantitative estimate of drug-likeness (QED) is 0.153. The lowest BCUT2D eigenvalue weighted by Gasteiger charge is -2.20. The Bertz CT molecular complexity index is 3320. The van der Waals surface area contributed by atoms with E-state index in [1.807, 2.05) is 29.5 Å². The summed E-state index contributed by atoms with van der Waals surface area (Å²) in [7, 11) is 0. The number of thiophene rings is 1.